The topological polar surface area (TPSA) is 45.4 Å². The summed E-state index contributed by atoms with van der Waals surface area (Å²) in [5.74, 6) is -0.301. The van der Waals surface area contributed by atoms with Crippen LogP contribution in [0.5, 0.6) is 11.8 Å². The van der Waals surface area contributed by atoms with Crippen LogP contribution in [0.4, 0.5) is 0 Å². The van der Waals surface area contributed by atoms with E-state index < -0.39 is 0 Å². The Morgan fingerprint density at radius 2 is 1.62 bits per heavy atom. The van der Waals surface area contributed by atoms with E-state index >= 15 is 0 Å². The van der Waals surface area contributed by atoms with Gasteiger partial charge in [0.25, 0.3) is 0 Å². The van der Waals surface area contributed by atoms with Gasteiger partial charge >= 0.3 is 0 Å². The number of hydrogen-bond acceptors (Lipinski definition) is 2. The highest BCUT2D eigenvalue weighted by atomic mass is 16.3. The van der Waals surface area contributed by atoms with Crippen LogP contribution in [0.25, 0.3) is 0 Å². The highest BCUT2D eigenvalue weighted by Crippen LogP contribution is 2.16. The van der Waals surface area contributed by atoms with Crippen LogP contribution in [-0.4, -0.2) is 22.7 Å². The maximum atomic E-state index is 8.62. The van der Waals surface area contributed by atoms with Crippen molar-refractivity contribution >= 4 is 7.98 Å². The molecule has 1 heterocycles. The van der Waals surface area contributed by atoms with Crippen molar-refractivity contribution < 1.29 is 10.2 Å². The van der Waals surface area contributed by atoms with Gasteiger partial charge < -0.3 is 14.7 Å². The largest absolute Gasteiger partial charge is 0.495 e. The van der Waals surface area contributed by atoms with Gasteiger partial charge in [0.05, 0.1) is 0 Å². The van der Waals surface area contributed by atoms with Crippen LogP contribution in [0.2, 0.25) is 0 Å². The van der Waals surface area contributed by atoms with Gasteiger partial charge in [0.15, 0.2) is 11.8 Å². The standard InChI is InChI=1S/C4H4BNO2/c5-6-3(7)1-2-4(6)8/h1-2,7-8H. The molecule has 2 radical (unpaired) electrons. The Labute approximate surface area is 47.6 Å². The zero-order chi connectivity index (χ0) is 6.15. The van der Waals surface area contributed by atoms with Crippen LogP contribution in [0, 0.1) is 0 Å². The van der Waals surface area contributed by atoms with E-state index in [0.29, 0.717) is 0 Å². The van der Waals surface area contributed by atoms with E-state index in [9.17, 15) is 0 Å². The fraction of sp³-hybridized carbons (Fsp3) is 0. The molecule has 0 aromatic carbocycles. The first-order chi connectivity index (χ1) is 3.72. The average Bonchev–Trinajstić information content (AvgIpc) is 1.98. The van der Waals surface area contributed by atoms with E-state index in [1.807, 2.05) is 0 Å². The van der Waals surface area contributed by atoms with Gasteiger partial charge in [-0.05, 0) is 0 Å². The Morgan fingerprint density at radius 1 is 1.25 bits per heavy atom. The van der Waals surface area contributed by atoms with Crippen LogP contribution in [0.3, 0.4) is 0 Å². The summed E-state index contributed by atoms with van der Waals surface area (Å²) in [5.41, 5.74) is 0. The molecule has 0 atom stereocenters. The summed E-state index contributed by atoms with van der Waals surface area (Å²) < 4.78 is 0.778. The molecular formula is C4H4BNO2. The van der Waals surface area contributed by atoms with Gasteiger partial charge in [0.1, 0.15) is 0 Å². The maximum absolute atomic E-state index is 8.62. The number of hydrogen-bond donors (Lipinski definition) is 2. The zero-order valence-corrected chi connectivity index (χ0v) is 4.07. The fourth-order valence-corrected chi connectivity index (χ4v) is 0.427. The smallest absolute Gasteiger partial charge is 0.243 e. The second kappa shape index (κ2) is 1.47. The Balaban J connectivity index is 3.19. The van der Waals surface area contributed by atoms with Crippen LogP contribution in [0.15, 0.2) is 12.1 Å². The Kier molecular flexibility index (Phi) is 0.935. The quantitative estimate of drug-likeness (QED) is 0.454. The molecule has 40 valence electrons. The summed E-state index contributed by atoms with van der Waals surface area (Å²) >= 11 is 0. The van der Waals surface area contributed by atoms with Crippen molar-refractivity contribution in [3.05, 3.63) is 12.1 Å². The molecule has 0 unspecified atom stereocenters. The van der Waals surface area contributed by atoms with Gasteiger partial charge in [-0.15, -0.1) is 0 Å². The monoisotopic (exact) mass is 109 g/mol. The van der Waals surface area contributed by atoms with Gasteiger partial charge in [0, 0.05) is 12.1 Å². The molecule has 0 aliphatic heterocycles. The highest BCUT2D eigenvalue weighted by Gasteiger charge is 1.96. The van der Waals surface area contributed by atoms with Gasteiger partial charge in [-0.25, -0.2) is 0 Å². The van der Waals surface area contributed by atoms with Crippen molar-refractivity contribution in [2.75, 3.05) is 0 Å². The normalized spacial score (nSPS) is 9.50. The number of nitrogens with zero attached hydrogens (tertiary/aromatic N) is 1. The second-order valence-corrected chi connectivity index (χ2v) is 1.42. The molecule has 0 fully saturated rings. The fourth-order valence-electron chi connectivity index (χ4n) is 0.427. The lowest BCUT2D eigenvalue weighted by atomic mass is 10.4. The molecule has 0 amide bonds. The molecule has 8 heavy (non-hydrogen) atoms. The first kappa shape index (κ1) is 5.09. The minimum absolute atomic E-state index is 0.150. The molecule has 0 bridgehead atoms. The summed E-state index contributed by atoms with van der Waals surface area (Å²) in [6.45, 7) is 0. The van der Waals surface area contributed by atoms with Crippen molar-refractivity contribution in [3.63, 3.8) is 0 Å². The molecule has 0 saturated heterocycles. The van der Waals surface area contributed by atoms with Crippen LogP contribution in [0.1, 0.15) is 0 Å². The summed E-state index contributed by atoms with van der Waals surface area (Å²) in [6, 6.07) is 2.60. The SMILES string of the molecule is [B]n1c(O)ccc1O. The Bertz CT molecular complexity index is 176. The third kappa shape index (κ3) is 0.539. The van der Waals surface area contributed by atoms with Gasteiger partial charge in [-0.3, -0.25) is 0 Å². The molecule has 3 nitrogen and oxygen atoms in total. The van der Waals surface area contributed by atoms with E-state index in [4.69, 9.17) is 18.2 Å². The lowest BCUT2D eigenvalue weighted by Gasteiger charge is -1.93. The van der Waals surface area contributed by atoms with Gasteiger partial charge in [-0.1, -0.05) is 0 Å². The number of aromatic hydroxyl groups is 2. The Hall–Kier alpha value is -1.06. The predicted octanol–water partition coefficient (Wildman–Crippen LogP) is -0.169. The molecule has 0 spiro atoms. The van der Waals surface area contributed by atoms with Crippen molar-refractivity contribution in [2.45, 2.75) is 0 Å². The van der Waals surface area contributed by atoms with E-state index in [-0.39, 0.29) is 11.8 Å². The van der Waals surface area contributed by atoms with E-state index in [1.165, 1.54) is 12.1 Å². The third-order valence-corrected chi connectivity index (χ3v) is 0.875. The van der Waals surface area contributed by atoms with E-state index in [1.54, 1.807) is 0 Å². The molecule has 1 aromatic rings. The van der Waals surface area contributed by atoms with Crippen molar-refractivity contribution in [1.29, 1.82) is 0 Å². The summed E-state index contributed by atoms with van der Waals surface area (Å²) in [4.78, 5) is 0. The average molecular weight is 109 g/mol. The first-order valence-corrected chi connectivity index (χ1v) is 2.06. The number of aromatic nitrogens is 1. The van der Waals surface area contributed by atoms with Gasteiger partial charge in [-0.2, -0.15) is 0 Å². The minimum atomic E-state index is -0.150. The maximum Gasteiger partial charge on any atom is 0.243 e. The summed E-state index contributed by atoms with van der Waals surface area (Å²) in [5, 5.41) is 17.2. The van der Waals surface area contributed by atoms with Gasteiger partial charge in [0.2, 0.25) is 7.98 Å². The Morgan fingerprint density at radius 3 is 1.75 bits per heavy atom. The molecule has 1 aromatic heterocycles. The molecule has 0 saturated carbocycles. The first-order valence-electron chi connectivity index (χ1n) is 2.06. The lowest BCUT2D eigenvalue weighted by molar-refractivity contribution is 0.414. The van der Waals surface area contributed by atoms with Crippen molar-refractivity contribution in [2.24, 2.45) is 0 Å². The van der Waals surface area contributed by atoms with Crippen molar-refractivity contribution in [1.82, 2.24) is 4.48 Å². The molecule has 4 heteroatoms. The summed E-state index contributed by atoms with van der Waals surface area (Å²) in [6.07, 6.45) is 0. The molecule has 1 rings (SSSR count). The zero-order valence-electron chi connectivity index (χ0n) is 4.07. The molecule has 2 N–H and O–H groups in total. The minimum Gasteiger partial charge on any atom is -0.495 e. The van der Waals surface area contributed by atoms with Crippen LogP contribution >= 0.6 is 0 Å². The van der Waals surface area contributed by atoms with Crippen molar-refractivity contribution in [3.8, 4) is 11.8 Å². The van der Waals surface area contributed by atoms with E-state index in [2.05, 4.69) is 0 Å². The van der Waals surface area contributed by atoms with E-state index in [0.717, 1.165) is 4.48 Å². The molecule has 0 aliphatic carbocycles. The second-order valence-electron chi connectivity index (χ2n) is 1.42. The molecule has 0 aliphatic rings. The summed E-state index contributed by atoms with van der Waals surface area (Å²) in [7, 11) is 5.02. The third-order valence-electron chi connectivity index (χ3n) is 0.875. The molecular weight excluding hydrogens is 105 g/mol. The highest BCUT2D eigenvalue weighted by molar-refractivity contribution is 6.08. The predicted molar refractivity (Wildman–Crippen MR) is 28.9 cm³/mol. The number of rotatable bonds is 0. The lowest BCUT2D eigenvalue weighted by Crippen LogP contribution is -1.86. The van der Waals surface area contributed by atoms with Crippen LogP contribution in [-0.2, 0) is 0 Å². The van der Waals surface area contributed by atoms with Crippen LogP contribution < -0.4 is 0 Å².